The first-order valence-corrected chi connectivity index (χ1v) is 7.15. The minimum absolute atomic E-state index is 0.656. The molecule has 4 rings (SSSR count). The van der Waals surface area contributed by atoms with E-state index < -0.39 is 0 Å². The van der Waals surface area contributed by atoms with Gasteiger partial charge < -0.3 is 4.42 Å². The normalized spacial score (nSPS) is 11.2. The molecule has 0 aliphatic rings. The summed E-state index contributed by atoms with van der Waals surface area (Å²) in [6.07, 6.45) is 0. The molecule has 0 unspecified atom stereocenters. The quantitative estimate of drug-likeness (QED) is 0.468. The van der Waals surface area contributed by atoms with Crippen molar-refractivity contribution >= 4 is 37.8 Å². The number of fused-ring (bicyclic) bond motifs is 2. The standard InChI is InChI=1S/C17H10BrNO/c18-14-9-4-10-15-16(14)20-17(19-15)13-8-3-6-11-5-1-2-7-12(11)13/h1-10H. The average molecular weight is 324 g/mol. The van der Waals surface area contributed by atoms with Crippen LogP contribution in [-0.2, 0) is 0 Å². The van der Waals surface area contributed by atoms with Gasteiger partial charge in [0.25, 0.3) is 0 Å². The van der Waals surface area contributed by atoms with E-state index in [4.69, 9.17) is 4.42 Å². The van der Waals surface area contributed by atoms with Crippen LogP contribution in [0.25, 0.3) is 33.3 Å². The van der Waals surface area contributed by atoms with Crippen molar-refractivity contribution in [3.63, 3.8) is 0 Å². The Kier molecular flexibility index (Phi) is 2.60. The molecule has 0 saturated carbocycles. The second-order valence-electron chi connectivity index (χ2n) is 4.63. The molecule has 20 heavy (non-hydrogen) atoms. The largest absolute Gasteiger partial charge is 0.435 e. The number of para-hydroxylation sites is 1. The molecule has 0 saturated heterocycles. The van der Waals surface area contributed by atoms with Gasteiger partial charge in [-0.3, -0.25) is 0 Å². The van der Waals surface area contributed by atoms with Crippen LogP contribution in [0, 0.1) is 0 Å². The molecule has 2 nitrogen and oxygen atoms in total. The average Bonchev–Trinajstić information content (AvgIpc) is 2.92. The number of nitrogens with zero attached hydrogens (tertiary/aromatic N) is 1. The lowest BCUT2D eigenvalue weighted by Crippen LogP contribution is -1.80. The lowest BCUT2D eigenvalue weighted by atomic mass is 10.0. The van der Waals surface area contributed by atoms with Gasteiger partial charge in [-0.15, -0.1) is 0 Å². The van der Waals surface area contributed by atoms with Crippen molar-refractivity contribution in [3.8, 4) is 11.5 Å². The van der Waals surface area contributed by atoms with Gasteiger partial charge in [-0.1, -0.05) is 42.5 Å². The fourth-order valence-electron chi connectivity index (χ4n) is 2.44. The molecule has 1 heterocycles. The number of benzene rings is 3. The van der Waals surface area contributed by atoms with E-state index in [1.165, 1.54) is 5.39 Å². The third kappa shape index (κ3) is 1.74. The van der Waals surface area contributed by atoms with Gasteiger partial charge in [-0.25, -0.2) is 4.98 Å². The van der Waals surface area contributed by atoms with E-state index >= 15 is 0 Å². The van der Waals surface area contributed by atoms with E-state index in [-0.39, 0.29) is 0 Å². The maximum atomic E-state index is 5.93. The van der Waals surface area contributed by atoms with E-state index in [0.717, 1.165) is 26.5 Å². The number of hydrogen-bond donors (Lipinski definition) is 0. The molecule has 0 aliphatic carbocycles. The summed E-state index contributed by atoms with van der Waals surface area (Å²) in [6, 6.07) is 20.3. The molecule has 0 spiro atoms. The highest BCUT2D eigenvalue weighted by molar-refractivity contribution is 9.10. The Morgan fingerprint density at radius 2 is 1.65 bits per heavy atom. The van der Waals surface area contributed by atoms with E-state index in [1.54, 1.807) is 0 Å². The fourth-order valence-corrected chi connectivity index (χ4v) is 2.88. The smallest absolute Gasteiger partial charge is 0.228 e. The SMILES string of the molecule is Brc1cccc2nc(-c3cccc4ccccc34)oc12. The van der Waals surface area contributed by atoms with Crippen LogP contribution >= 0.6 is 15.9 Å². The molecule has 1 aromatic heterocycles. The molecular formula is C17H10BrNO. The molecule has 3 aromatic carbocycles. The van der Waals surface area contributed by atoms with E-state index in [2.05, 4.69) is 39.1 Å². The first-order chi connectivity index (χ1) is 9.83. The van der Waals surface area contributed by atoms with Gasteiger partial charge in [-0.2, -0.15) is 0 Å². The van der Waals surface area contributed by atoms with E-state index in [9.17, 15) is 0 Å². The van der Waals surface area contributed by atoms with Crippen molar-refractivity contribution in [1.82, 2.24) is 4.98 Å². The Morgan fingerprint density at radius 3 is 2.55 bits per heavy atom. The Bertz CT molecular complexity index is 921. The van der Waals surface area contributed by atoms with Crippen LogP contribution in [0.5, 0.6) is 0 Å². The van der Waals surface area contributed by atoms with Crippen molar-refractivity contribution in [3.05, 3.63) is 65.1 Å². The van der Waals surface area contributed by atoms with Crippen molar-refractivity contribution < 1.29 is 4.42 Å². The molecule has 0 aliphatic heterocycles. The van der Waals surface area contributed by atoms with E-state index in [1.807, 2.05) is 42.5 Å². The molecule has 0 atom stereocenters. The van der Waals surface area contributed by atoms with Crippen molar-refractivity contribution in [2.24, 2.45) is 0 Å². The lowest BCUT2D eigenvalue weighted by molar-refractivity contribution is 0.619. The van der Waals surface area contributed by atoms with Gasteiger partial charge in [-0.05, 0) is 44.9 Å². The second kappa shape index (κ2) is 4.46. The highest BCUT2D eigenvalue weighted by Gasteiger charge is 2.12. The highest BCUT2D eigenvalue weighted by atomic mass is 79.9. The maximum absolute atomic E-state index is 5.93. The number of rotatable bonds is 1. The molecule has 96 valence electrons. The molecular weight excluding hydrogens is 314 g/mol. The summed E-state index contributed by atoms with van der Waals surface area (Å²) in [7, 11) is 0. The van der Waals surface area contributed by atoms with Crippen LogP contribution in [0.3, 0.4) is 0 Å². The van der Waals surface area contributed by atoms with Crippen molar-refractivity contribution in [2.75, 3.05) is 0 Å². The number of aromatic nitrogens is 1. The lowest BCUT2D eigenvalue weighted by Gasteiger charge is -2.02. The summed E-state index contributed by atoms with van der Waals surface area (Å²) in [5.41, 5.74) is 2.67. The van der Waals surface area contributed by atoms with Gasteiger partial charge in [0.05, 0.1) is 4.47 Å². The van der Waals surface area contributed by atoms with Crippen LogP contribution in [0.1, 0.15) is 0 Å². The molecule has 0 N–H and O–H groups in total. The molecule has 4 aromatic rings. The zero-order valence-electron chi connectivity index (χ0n) is 10.5. The maximum Gasteiger partial charge on any atom is 0.228 e. The summed E-state index contributed by atoms with van der Waals surface area (Å²) >= 11 is 3.50. The predicted octanol–water partition coefficient (Wildman–Crippen LogP) is 5.41. The van der Waals surface area contributed by atoms with Crippen LogP contribution in [0.2, 0.25) is 0 Å². The van der Waals surface area contributed by atoms with Crippen LogP contribution in [-0.4, -0.2) is 4.98 Å². The summed E-state index contributed by atoms with van der Waals surface area (Å²) in [5, 5.41) is 2.34. The Morgan fingerprint density at radius 1 is 0.850 bits per heavy atom. The van der Waals surface area contributed by atoms with Crippen molar-refractivity contribution in [2.45, 2.75) is 0 Å². The van der Waals surface area contributed by atoms with Gasteiger partial charge in [0.2, 0.25) is 5.89 Å². The summed E-state index contributed by atoms with van der Waals surface area (Å²) in [5.74, 6) is 0.656. The number of oxazole rings is 1. The summed E-state index contributed by atoms with van der Waals surface area (Å²) in [6.45, 7) is 0. The number of halogens is 1. The van der Waals surface area contributed by atoms with E-state index in [0.29, 0.717) is 5.89 Å². The van der Waals surface area contributed by atoms with Crippen LogP contribution in [0.15, 0.2) is 69.6 Å². The van der Waals surface area contributed by atoms with Crippen LogP contribution in [0.4, 0.5) is 0 Å². The molecule has 0 radical (unpaired) electrons. The molecule has 3 heteroatoms. The first-order valence-electron chi connectivity index (χ1n) is 6.36. The Hall–Kier alpha value is -2.13. The minimum Gasteiger partial charge on any atom is -0.435 e. The summed E-state index contributed by atoms with van der Waals surface area (Å²) in [4.78, 5) is 4.60. The summed E-state index contributed by atoms with van der Waals surface area (Å²) < 4.78 is 6.86. The minimum atomic E-state index is 0.656. The molecule has 0 fully saturated rings. The van der Waals surface area contributed by atoms with Crippen molar-refractivity contribution in [1.29, 1.82) is 0 Å². The number of hydrogen-bond acceptors (Lipinski definition) is 2. The van der Waals surface area contributed by atoms with Crippen LogP contribution < -0.4 is 0 Å². The molecule has 0 amide bonds. The Balaban J connectivity index is 2.04. The second-order valence-corrected chi connectivity index (χ2v) is 5.49. The predicted molar refractivity (Wildman–Crippen MR) is 84.7 cm³/mol. The first kappa shape index (κ1) is 11.7. The topological polar surface area (TPSA) is 26.0 Å². The highest BCUT2D eigenvalue weighted by Crippen LogP contribution is 2.32. The zero-order chi connectivity index (χ0) is 13.5. The Labute approximate surface area is 124 Å². The third-order valence-corrected chi connectivity index (χ3v) is 4.01. The van der Waals surface area contributed by atoms with Gasteiger partial charge in [0, 0.05) is 5.56 Å². The van der Waals surface area contributed by atoms with Gasteiger partial charge >= 0.3 is 0 Å². The zero-order valence-corrected chi connectivity index (χ0v) is 12.1. The van der Waals surface area contributed by atoms with Gasteiger partial charge in [0.1, 0.15) is 5.52 Å². The monoisotopic (exact) mass is 323 g/mol. The molecule has 0 bridgehead atoms. The van der Waals surface area contributed by atoms with Gasteiger partial charge in [0.15, 0.2) is 5.58 Å². The fraction of sp³-hybridized carbons (Fsp3) is 0. The third-order valence-electron chi connectivity index (χ3n) is 3.39.